The molecule has 1 saturated heterocycles. The van der Waals surface area contributed by atoms with Gasteiger partial charge in [-0.1, -0.05) is 18.3 Å². The van der Waals surface area contributed by atoms with Gasteiger partial charge in [0.2, 0.25) is 0 Å². The van der Waals surface area contributed by atoms with Gasteiger partial charge >= 0.3 is 0 Å². The first-order valence-electron chi connectivity index (χ1n) is 8.02. The second kappa shape index (κ2) is 8.44. The van der Waals surface area contributed by atoms with Crippen molar-refractivity contribution in [2.75, 3.05) is 26.2 Å². The van der Waals surface area contributed by atoms with Crippen LogP contribution < -0.4 is 5.32 Å². The lowest BCUT2D eigenvalue weighted by atomic mass is 10.0. The molecule has 6 heteroatoms. The summed E-state index contributed by atoms with van der Waals surface area (Å²) in [5.41, 5.74) is 0.805. The number of hydrogen-bond acceptors (Lipinski definition) is 5. The number of hydrogen-bond donors (Lipinski definition) is 1. The fourth-order valence-electron chi connectivity index (χ4n) is 2.84. The minimum absolute atomic E-state index is 0.0200. The third kappa shape index (κ3) is 5.04. The molecule has 1 aromatic rings. The largest absolute Gasteiger partial charge is 0.351 e. The van der Waals surface area contributed by atoms with Gasteiger partial charge in [-0.3, -0.25) is 4.79 Å². The van der Waals surface area contributed by atoms with Gasteiger partial charge in [-0.2, -0.15) is 0 Å². The Kier molecular flexibility index (Phi) is 6.57. The van der Waals surface area contributed by atoms with Crippen LogP contribution in [0.15, 0.2) is 0 Å². The maximum Gasteiger partial charge on any atom is 0.264 e. The Hall–Kier alpha value is -1.01. The highest BCUT2D eigenvalue weighted by Crippen LogP contribution is 2.15. The molecule has 2 rings (SSSR count). The Morgan fingerprint density at radius 3 is 3.10 bits per heavy atom. The van der Waals surface area contributed by atoms with Gasteiger partial charge in [-0.15, -0.1) is 5.10 Å². The van der Waals surface area contributed by atoms with E-state index in [2.05, 4.69) is 26.7 Å². The fraction of sp³-hybridized carbons (Fsp3) is 0.800. The fourth-order valence-corrected chi connectivity index (χ4v) is 3.51. The Bertz CT molecular complexity index is 449. The average molecular weight is 310 g/mol. The molecule has 1 N–H and O–H groups in total. The summed E-state index contributed by atoms with van der Waals surface area (Å²) < 4.78 is 3.85. The van der Waals surface area contributed by atoms with Gasteiger partial charge in [-0.25, -0.2) is 0 Å². The molecule has 1 aromatic heterocycles. The lowest BCUT2D eigenvalue weighted by molar-refractivity contribution is 0.0955. The van der Waals surface area contributed by atoms with E-state index in [0.29, 0.717) is 4.88 Å². The Labute approximate surface area is 131 Å². The van der Waals surface area contributed by atoms with Crippen LogP contribution in [0.1, 0.15) is 54.9 Å². The van der Waals surface area contributed by atoms with Crippen molar-refractivity contribution < 1.29 is 4.79 Å². The van der Waals surface area contributed by atoms with Crippen LogP contribution in [0.25, 0.3) is 0 Å². The highest BCUT2D eigenvalue weighted by atomic mass is 32.1. The molecule has 1 aliphatic rings. The van der Waals surface area contributed by atoms with Crippen molar-refractivity contribution in [1.82, 2.24) is 19.8 Å². The van der Waals surface area contributed by atoms with E-state index in [4.69, 9.17) is 0 Å². The zero-order valence-electron chi connectivity index (χ0n) is 13.1. The van der Waals surface area contributed by atoms with Crippen LogP contribution in [0.5, 0.6) is 0 Å². The van der Waals surface area contributed by atoms with Gasteiger partial charge in [-0.05, 0) is 62.6 Å². The summed E-state index contributed by atoms with van der Waals surface area (Å²) in [6.07, 6.45) is 5.64. The first kappa shape index (κ1) is 16.4. The number of unbranched alkanes of at least 4 members (excludes halogenated alkanes) is 1. The summed E-state index contributed by atoms with van der Waals surface area (Å²) in [7, 11) is 0. The maximum absolute atomic E-state index is 12.0. The third-order valence-corrected chi connectivity index (χ3v) is 4.79. The van der Waals surface area contributed by atoms with Crippen molar-refractivity contribution in [2.24, 2.45) is 5.92 Å². The van der Waals surface area contributed by atoms with Gasteiger partial charge in [0.1, 0.15) is 4.88 Å². The number of likely N-dealkylation sites (tertiary alicyclic amines) is 1. The second-order valence-corrected chi connectivity index (χ2v) is 6.67. The van der Waals surface area contributed by atoms with Gasteiger partial charge in [0.15, 0.2) is 0 Å². The molecule has 1 atom stereocenters. The highest BCUT2D eigenvalue weighted by molar-refractivity contribution is 7.08. The van der Waals surface area contributed by atoms with E-state index < -0.39 is 0 Å². The molecular formula is C15H26N4OS. The predicted molar refractivity (Wildman–Crippen MR) is 85.7 cm³/mol. The number of carbonyl (C=O) groups excluding carboxylic acids is 1. The number of aromatic nitrogens is 2. The zero-order chi connectivity index (χ0) is 15.1. The molecule has 0 unspecified atom stereocenters. The smallest absolute Gasteiger partial charge is 0.264 e. The quantitative estimate of drug-likeness (QED) is 0.785. The van der Waals surface area contributed by atoms with Gasteiger partial charge in [0, 0.05) is 13.1 Å². The summed E-state index contributed by atoms with van der Waals surface area (Å²) >= 11 is 1.19. The van der Waals surface area contributed by atoms with Crippen LogP contribution in [-0.2, 0) is 6.42 Å². The molecule has 1 aliphatic heterocycles. The Morgan fingerprint density at radius 2 is 2.33 bits per heavy atom. The first-order chi connectivity index (χ1) is 10.2. The van der Waals surface area contributed by atoms with Crippen LogP contribution in [0, 0.1) is 5.92 Å². The normalized spacial score (nSPS) is 19.6. The lowest BCUT2D eigenvalue weighted by Gasteiger charge is -2.30. The molecule has 0 radical (unpaired) electrons. The standard InChI is InChI=1S/C15H26N4OS/c1-3-13-14(21-18-17-13)15(20)16-8-4-5-9-19-10-6-7-12(2)11-19/h12H,3-11H2,1-2H3,(H,16,20)/t12-/m1/s1. The minimum Gasteiger partial charge on any atom is -0.351 e. The number of amides is 1. The van der Waals surface area contributed by atoms with E-state index >= 15 is 0 Å². The van der Waals surface area contributed by atoms with Crippen LogP contribution >= 0.6 is 11.5 Å². The van der Waals surface area contributed by atoms with Crippen LogP contribution in [-0.4, -0.2) is 46.6 Å². The number of carbonyl (C=O) groups is 1. The number of nitrogens with zero attached hydrogens (tertiary/aromatic N) is 3. The molecule has 0 aromatic carbocycles. The van der Waals surface area contributed by atoms with E-state index in [9.17, 15) is 4.79 Å². The third-order valence-electron chi connectivity index (χ3n) is 4.02. The molecule has 0 bridgehead atoms. The number of piperidine rings is 1. The van der Waals surface area contributed by atoms with Crippen molar-refractivity contribution in [1.29, 1.82) is 0 Å². The summed E-state index contributed by atoms with van der Waals surface area (Å²) in [5, 5.41) is 6.95. The molecular weight excluding hydrogens is 284 g/mol. The zero-order valence-corrected chi connectivity index (χ0v) is 13.9. The Morgan fingerprint density at radius 1 is 1.48 bits per heavy atom. The monoisotopic (exact) mass is 310 g/mol. The van der Waals surface area contributed by atoms with E-state index in [1.165, 1.54) is 37.5 Å². The molecule has 0 aliphatic carbocycles. The molecule has 1 fully saturated rings. The van der Waals surface area contributed by atoms with Crippen LogP contribution in [0.3, 0.4) is 0 Å². The second-order valence-electron chi connectivity index (χ2n) is 5.91. The number of nitrogens with one attached hydrogen (secondary N) is 1. The van der Waals surface area contributed by atoms with Crippen molar-refractivity contribution >= 4 is 17.4 Å². The molecule has 0 saturated carbocycles. The van der Waals surface area contributed by atoms with Gasteiger partial charge in [0.25, 0.3) is 5.91 Å². The van der Waals surface area contributed by atoms with Crippen LogP contribution in [0.2, 0.25) is 0 Å². The summed E-state index contributed by atoms with van der Waals surface area (Å²) in [5.74, 6) is 0.818. The molecule has 5 nitrogen and oxygen atoms in total. The van der Waals surface area contributed by atoms with E-state index in [-0.39, 0.29) is 5.91 Å². The molecule has 21 heavy (non-hydrogen) atoms. The Balaban J connectivity index is 1.60. The molecule has 118 valence electrons. The number of rotatable bonds is 7. The van der Waals surface area contributed by atoms with E-state index in [1.54, 1.807) is 0 Å². The van der Waals surface area contributed by atoms with Crippen molar-refractivity contribution in [3.8, 4) is 0 Å². The topological polar surface area (TPSA) is 58.1 Å². The molecule has 1 amide bonds. The van der Waals surface area contributed by atoms with Gasteiger partial charge in [0.05, 0.1) is 5.69 Å². The predicted octanol–water partition coefficient (Wildman–Crippen LogP) is 2.34. The van der Waals surface area contributed by atoms with Crippen molar-refractivity contribution in [3.63, 3.8) is 0 Å². The van der Waals surface area contributed by atoms with E-state index in [1.807, 2.05) is 6.92 Å². The van der Waals surface area contributed by atoms with Crippen LogP contribution in [0.4, 0.5) is 0 Å². The van der Waals surface area contributed by atoms with Gasteiger partial charge < -0.3 is 10.2 Å². The number of aryl methyl sites for hydroxylation is 1. The average Bonchev–Trinajstić information content (AvgIpc) is 2.95. The van der Waals surface area contributed by atoms with Crippen molar-refractivity contribution in [3.05, 3.63) is 10.6 Å². The van der Waals surface area contributed by atoms with Crippen molar-refractivity contribution in [2.45, 2.75) is 46.0 Å². The summed E-state index contributed by atoms with van der Waals surface area (Å²) in [6.45, 7) is 8.70. The maximum atomic E-state index is 12.0. The lowest BCUT2D eigenvalue weighted by Crippen LogP contribution is -2.35. The molecule has 0 spiro atoms. The molecule has 2 heterocycles. The summed E-state index contributed by atoms with van der Waals surface area (Å²) in [4.78, 5) is 15.2. The summed E-state index contributed by atoms with van der Waals surface area (Å²) in [6, 6.07) is 0. The first-order valence-corrected chi connectivity index (χ1v) is 8.79. The minimum atomic E-state index is -0.0200. The highest BCUT2D eigenvalue weighted by Gasteiger charge is 2.16. The van der Waals surface area contributed by atoms with E-state index in [0.717, 1.165) is 44.0 Å². The SMILES string of the molecule is CCc1nnsc1C(=O)NCCCCN1CCC[C@@H](C)C1.